The Balaban J connectivity index is 1.96. The van der Waals surface area contributed by atoms with Crippen LogP contribution in [0.2, 0.25) is 10.0 Å². The zero-order chi connectivity index (χ0) is 11.6. The van der Waals surface area contributed by atoms with Crippen molar-refractivity contribution in [3.8, 4) is 0 Å². The van der Waals surface area contributed by atoms with Crippen molar-refractivity contribution in [2.24, 2.45) is 0 Å². The molecule has 0 radical (unpaired) electrons. The SMILES string of the molecule is OC1(CSc2ccc(Cl)c(Cl)c2)CCCC1. The predicted molar refractivity (Wildman–Crippen MR) is 70.6 cm³/mol. The molecule has 0 saturated heterocycles. The van der Waals surface area contributed by atoms with Crippen LogP contribution < -0.4 is 0 Å². The van der Waals surface area contributed by atoms with Gasteiger partial charge in [0.1, 0.15) is 0 Å². The molecule has 2 rings (SSSR count). The predicted octanol–water partition coefficient (Wildman–Crippen LogP) is 4.39. The second kappa shape index (κ2) is 5.18. The van der Waals surface area contributed by atoms with E-state index in [0.717, 1.165) is 36.3 Å². The van der Waals surface area contributed by atoms with Gasteiger partial charge < -0.3 is 5.11 Å². The van der Waals surface area contributed by atoms with Gasteiger partial charge in [0.05, 0.1) is 15.6 Å². The molecule has 0 heterocycles. The number of benzene rings is 1. The first-order valence-corrected chi connectivity index (χ1v) is 7.13. The molecule has 1 aromatic rings. The molecular formula is C12H14Cl2OS. The quantitative estimate of drug-likeness (QED) is 0.827. The summed E-state index contributed by atoms with van der Waals surface area (Å²) >= 11 is 13.4. The van der Waals surface area contributed by atoms with Gasteiger partial charge >= 0.3 is 0 Å². The van der Waals surface area contributed by atoms with Crippen LogP contribution >= 0.6 is 35.0 Å². The van der Waals surface area contributed by atoms with E-state index in [-0.39, 0.29) is 0 Å². The van der Waals surface area contributed by atoms with Gasteiger partial charge in [0.15, 0.2) is 0 Å². The van der Waals surface area contributed by atoms with Gasteiger partial charge in [0.2, 0.25) is 0 Å². The van der Waals surface area contributed by atoms with Crippen LogP contribution in [0.5, 0.6) is 0 Å². The summed E-state index contributed by atoms with van der Waals surface area (Å²) in [6.07, 6.45) is 4.11. The van der Waals surface area contributed by atoms with Crippen molar-refractivity contribution in [3.63, 3.8) is 0 Å². The summed E-state index contributed by atoms with van der Waals surface area (Å²) in [4.78, 5) is 1.06. The van der Waals surface area contributed by atoms with Gasteiger partial charge in [0.25, 0.3) is 0 Å². The summed E-state index contributed by atoms with van der Waals surface area (Å²) in [7, 11) is 0. The molecule has 1 aliphatic carbocycles. The topological polar surface area (TPSA) is 20.2 Å². The highest BCUT2D eigenvalue weighted by Crippen LogP contribution is 2.36. The molecule has 0 amide bonds. The lowest BCUT2D eigenvalue weighted by atomic mass is 10.1. The summed E-state index contributed by atoms with van der Waals surface area (Å²) in [5, 5.41) is 11.3. The van der Waals surface area contributed by atoms with Gasteiger partial charge in [-0.05, 0) is 31.0 Å². The van der Waals surface area contributed by atoms with Gasteiger partial charge in [-0.1, -0.05) is 36.0 Å². The summed E-state index contributed by atoms with van der Waals surface area (Å²) in [6.45, 7) is 0. The normalized spacial score (nSPS) is 18.9. The maximum absolute atomic E-state index is 10.2. The maximum atomic E-state index is 10.2. The maximum Gasteiger partial charge on any atom is 0.0741 e. The molecule has 16 heavy (non-hydrogen) atoms. The summed E-state index contributed by atoms with van der Waals surface area (Å²) in [5.74, 6) is 0.741. The lowest BCUT2D eigenvalue weighted by Crippen LogP contribution is -2.26. The largest absolute Gasteiger partial charge is 0.389 e. The molecule has 88 valence electrons. The Morgan fingerprint density at radius 2 is 1.88 bits per heavy atom. The second-order valence-corrected chi connectivity index (χ2v) is 6.16. The van der Waals surface area contributed by atoms with Crippen molar-refractivity contribution < 1.29 is 5.11 Å². The number of thioether (sulfide) groups is 1. The van der Waals surface area contributed by atoms with Gasteiger partial charge in [0, 0.05) is 10.6 Å². The highest BCUT2D eigenvalue weighted by atomic mass is 35.5. The smallest absolute Gasteiger partial charge is 0.0741 e. The zero-order valence-corrected chi connectivity index (χ0v) is 11.2. The average Bonchev–Trinajstić information content (AvgIpc) is 2.68. The van der Waals surface area contributed by atoms with Gasteiger partial charge in [-0.15, -0.1) is 11.8 Å². The van der Waals surface area contributed by atoms with Crippen LogP contribution in [0.3, 0.4) is 0 Å². The Labute approximate surface area is 110 Å². The third-order valence-corrected chi connectivity index (χ3v) is 4.94. The van der Waals surface area contributed by atoms with Crippen LogP contribution in [0.15, 0.2) is 23.1 Å². The molecule has 0 aliphatic heterocycles. The first-order chi connectivity index (χ1) is 7.59. The van der Waals surface area contributed by atoms with Crippen LogP contribution in [0.4, 0.5) is 0 Å². The molecule has 0 aromatic heterocycles. The van der Waals surface area contributed by atoms with E-state index in [1.807, 2.05) is 12.1 Å². The monoisotopic (exact) mass is 276 g/mol. The van der Waals surface area contributed by atoms with Crippen molar-refractivity contribution in [3.05, 3.63) is 28.2 Å². The third-order valence-electron chi connectivity index (χ3n) is 2.93. The fraction of sp³-hybridized carbons (Fsp3) is 0.500. The van der Waals surface area contributed by atoms with E-state index in [2.05, 4.69) is 0 Å². The Hall–Kier alpha value is 0.110. The Morgan fingerprint density at radius 1 is 1.19 bits per heavy atom. The summed E-state index contributed by atoms with van der Waals surface area (Å²) in [5.41, 5.74) is -0.475. The second-order valence-electron chi connectivity index (χ2n) is 4.30. The minimum atomic E-state index is -0.475. The minimum Gasteiger partial charge on any atom is -0.389 e. The fourth-order valence-electron chi connectivity index (χ4n) is 1.96. The molecule has 0 atom stereocenters. The molecule has 0 spiro atoms. The lowest BCUT2D eigenvalue weighted by molar-refractivity contribution is 0.0732. The molecule has 1 nitrogen and oxygen atoms in total. The molecule has 1 aromatic carbocycles. The standard InChI is InChI=1S/C12H14Cl2OS/c13-10-4-3-9(7-11(10)14)16-8-12(15)5-1-2-6-12/h3-4,7,15H,1-2,5-6,8H2. The molecule has 1 aliphatic rings. The average molecular weight is 277 g/mol. The molecular weight excluding hydrogens is 263 g/mol. The molecule has 0 unspecified atom stereocenters. The first-order valence-electron chi connectivity index (χ1n) is 5.39. The van der Waals surface area contributed by atoms with Crippen molar-refractivity contribution in [2.75, 3.05) is 5.75 Å². The molecule has 1 fully saturated rings. The van der Waals surface area contributed by atoms with E-state index in [0.29, 0.717) is 10.0 Å². The minimum absolute atomic E-state index is 0.475. The Morgan fingerprint density at radius 3 is 2.50 bits per heavy atom. The van der Waals surface area contributed by atoms with E-state index >= 15 is 0 Å². The van der Waals surface area contributed by atoms with E-state index in [1.54, 1.807) is 17.8 Å². The van der Waals surface area contributed by atoms with E-state index in [1.165, 1.54) is 0 Å². The van der Waals surface area contributed by atoms with E-state index in [9.17, 15) is 5.11 Å². The van der Waals surface area contributed by atoms with Crippen molar-refractivity contribution in [1.29, 1.82) is 0 Å². The summed E-state index contributed by atoms with van der Waals surface area (Å²) < 4.78 is 0. The van der Waals surface area contributed by atoms with Crippen molar-refractivity contribution in [2.45, 2.75) is 36.2 Å². The molecule has 4 heteroatoms. The lowest BCUT2D eigenvalue weighted by Gasteiger charge is -2.21. The number of hydrogen-bond donors (Lipinski definition) is 1. The molecule has 1 N–H and O–H groups in total. The Bertz CT molecular complexity index is 375. The van der Waals surface area contributed by atoms with Gasteiger partial charge in [-0.3, -0.25) is 0 Å². The third kappa shape index (κ3) is 3.07. The number of hydrogen-bond acceptors (Lipinski definition) is 2. The fourth-order valence-corrected chi connectivity index (χ4v) is 3.41. The molecule has 0 bridgehead atoms. The van der Waals surface area contributed by atoms with E-state index < -0.39 is 5.60 Å². The van der Waals surface area contributed by atoms with Crippen molar-refractivity contribution >= 4 is 35.0 Å². The first kappa shape index (κ1) is 12.6. The number of aliphatic hydroxyl groups is 1. The van der Waals surface area contributed by atoms with Crippen LogP contribution in [-0.4, -0.2) is 16.5 Å². The van der Waals surface area contributed by atoms with Crippen LogP contribution in [0, 0.1) is 0 Å². The van der Waals surface area contributed by atoms with Gasteiger partial charge in [-0.2, -0.15) is 0 Å². The molecule has 1 saturated carbocycles. The highest BCUT2D eigenvalue weighted by Gasteiger charge is 2.30. The van der Waals surface area contributed by atoms with Crippen molar-refractivity contribution in [1.82, 2.24) is 0 Å². The van der Waals surface area contributed by atoms with E-state index in [4.69, 9.17) is 23.2 Å². The number of rotatable bonds is 3. The van der Waals surface area contributed by atoms with Crippen LogP contribution in [0.25, 0.3) is 0 Å². The van der Waals surface area contributed by atoms with Gasteiger partial charge in [-0.25, -0.2) is 0 Å². The van der Waals surface area contributed by atoms with Crippen LogP contribution in [-0.2, 0) is 0 Å². The number of halogens is 2. The Kier molecular flexibility index (Phi) is 4.06. The zero-order valence-electron chi connectivity index (χ0n) is 8.88. The summed E-state index contributed by atoms with van der Waals surface area (Å²) in [6, 6.07) is 5.59. The highest BCUT2D eigenvalue weighted by molar-refractivity contribution is 7.99. The van der Waals surface area contributed by atoms with Crippen LogP contribution in [0.1, 0.15) is 25.7 Å².